The summed E-state index contributed by atoms with van der Waals surface area (Å²) in [6.07, 6.45) is 12.7. The highest BCUT2D eigenvalue weighted by molar-refractivity contribution is 5.28. The molecule has 0 unspecified atom stereocenters. The Morgan fingerprint density at radius 3 is 2.16 bits per heavy atom. The van der Waals surface area contributed by atoms with Gasteiger partial charge in [-0.25, -0.2) is 0 Å². The standard InChI is InChI=1S/C23H33NO/c1-3-5-7-8-18-25-23-16-12-20(13-17-23)10-14-22-15-11-21(19-24-22)9-6-4-2/h11-13,15-17,19H,3-10,14,18H2,1-2H3. The third-order valence-electron chi connectivity index (χ3n) is 4.56. The summed E-state index contributed by atoms with van der Waals surface area (Å²) in [6, 6.07) is 13.0. The van der Waals surface area contributed by atoms with Gasteiger partial charge in [0.05, 0.1) is 6.61 Å². The number of rotatable bonds is 12. The lowest BCUT2D eigenvalue weighted by molar-refractivity contribution is 0.305. The summed E-state index contributed by atoms with van der Waals surface area (Å²) in [5, 5.41) is 0. The van der Waals surface area contributed by atoms with Gasteiger partial charge in [0.25, 0.3) is 0 Å². The van der Waals surface area contributed by atoms with Crippen molar-refractivity contribution in [3.8, 4) is 5.75 Å². The molecule has 1 heterocycles. The van der Waals surface area contributed by atoms with Crippen molar-refractivity contribution in [3.63, 3.8) is 0 Å². The molecule has 2 nitrogen and oxygen atoms in total. The van der Waals surface area contributed by atoms with Crippen LogP contribution in [-0.2, 0) is 19.3 Å². The Morgan fingerprint density at radius 2 is 1.48 bits per heavy atom. The summed E-state index contributed by atoms with van der Waals surface area (Å²) in [4.78, 5) is 4.60. The first-order chi connectivity index (χ1) is 12.3. The van der Waals surface area contributed by atoms with Crippen LogP contribution in [0.25, 0.3) is 0 Å². The molecule has 0 radical (unpaired) electrons. The van der Waals surface area contributed by atoms with Gasteiger partial charge >= 0.3 is 0 Å². The fourth-order valence-electron chi connectivity index (χ4n) is 2.88. The minimum Gasteiger partial charge on any atom is -0.494 e. The molecule has 0 N–H and O–H groups in total. The van der Waals surface area contributed by atoms with E-state index in [4.69, 9.17) is 4.74 Å². The number of hydrogen-bond acceptors (Lipinski definition) is 2. The third-order valence-corrected chi connectivity index (χ3v) is 4.56. The second-order valence-corrected chi connectivity index (χ2v) is 6.81. The predicted octanol–water partition coefficient (Wildman–Crippen LogP) is 6.17. The SMILES string of the molecule is CCCCCCOc1ccc(CCc2ccc(CCCC)cn2)cc1. The number of benzene rings is 1. The molecule has 2 rings (SSSR count). The lowest BCUT2D eigenvalue weighted by Crippen LogP contribution is -1.98. The fourth-order valence-corrected chi connectivity index (χ4v) is 2.88. The van der Waals surface area contributed by atoms with Crippen molar-refractivity contribution in [2.45, 2.75) is 71.6 Å². The number of ether oxygens (including phenoxy) is 1. The maximum absolute atomic E-state index is 5.80. The molecule has 0 bridgehead atoms. The number of aromatic nitrogens is 1. The number of aryl methyl sites for hydroxylation is 3. The van der Waals surface area contributed by atoms with Crippen LogP contribution in [0.4, 0.5) is 0 Å². The summed E-state index contributed by atoms with van der Waals surface area (Å²) in [6.45, 7) is 5.29. The molecular formula is C23H33NO. The minimum atomic E-state index is 0.827. The summed E-state index contributed by atoms with van der Waals surface area (Å²) in [5.41, 5.74) is 3.87. The normalized spacial score (nSPS) is 10.8. The molecule has 0 fully saturated rings. The maximum atomic E-state index is 5.80. The zero-order valence-corrected chi connectivity index (χ0v) is 16.0. The van der Waals surface area contributed by atoms with Crippen LogP contribution >= 0.6 is 0 Å². The Bertz CT molecular complexity index is 574. The lowest BCUT2D eigenvalue weighted by atomic mass is 10.1. The molecule has 25 heavy (non-hydrogen) atoms. The van der Waals surface area contributed by atoms with E-state index in [1.165, 1.54) is 48.9 Å². The second kappa shape index (κ2) is 11.7. The first-order valence-corrected chi connectivity index (χ1v) is 9.97. The summed E-state index contributed by atoms with van der Waals surface area (Å²) in [5.74, 6) is 0.985. The first kappa shape index (κ1) is 19.5. The van der Waals surface area contributed by atoms with Crippen molar-refractivity contribution in [3.05, 3.63) is 59.4 Å². The van der Waals surface area contributed by atoms with E-state index >= 15 is 0 Å². The van der Waals surface area contributed by atoms with Crippen LogP contribution < -0.4 is 4.74 Å². The first-order valence-electron chi connectivity index (χ1n) is 9.97. The van der Waals surface area contributed by atoms with E-state index in [0.29, 0.717) is 0 Å². The van der Waals surface area contributed by atoms with Crippen molar-refractivity contribution in [2.24, 2.45) is 0 Å². The Kier molecular flexibility index (Phi) is 9.11. The zero-order chi connectivity index (χ0) is 17.7. The Morgan fingerprint density at radius 1 is 0.720 bits per heavy atom. The molecule has 0 saturated heterocycles. The van der Waals surface area contributed by atoms with Crippen LogP contribution in [0.3, 0.4) is 0 Å². The zero-order valence-electron chi connectivity index (χ0n) is 16.0. The average molecular weight is 340 g/mol. The van der Waals surface area contributed by atoms with E-state index < -0.39 is 0 Å². The monoisotopic (exact) mass is 339 g/mol. The number of pyridine rings is 1. The topological polar surface area (TPSA) is 22.1 Å². The van der Waals surface area contributed by atoms with Gasteiger partial charge in [-0.2, -0.15) is 0 Å². The van der Waals surface area contributed by atoms with Gasteiger partial charge < -0.3 is 4.74 Å². The molecule has 0 spiro atoms. The molecule has 1 aromatic heterocycles. The molecule has 0 aliphatic rings. The molecule has 0 atom stereocenters. The number of unbranched alkanes of at least 4 members (excludes halogenated alkanes) is 4. The van der Waals surface area contributed by atoms with E-state index in [2.05, 4.69) is 55.2 Å². The van der Waals surface area contributed by atoms with Gasteiger partial charge in [-0.3, -0.25) is 4.98 Å². The van der Waals surface area contributed by atoms with Crippen LogP contribution in [-0.4, -0.2) is 11.6 Å². The number of hydrogen-bond donors (Lipinski definition) is 0. The Balaban J connectivity index is 1.71. The molecule has 2 aromatic rings. The molecule has 1 aromatic carbocycles. The van der Waals surface area contributed by atoms with Crippen molar-refractivity contribution in [1.29, 1.82) is 0 Å². The molecule has 0 saturated carbocycles. The van der Waals surface area contributed by atoms with Crippen LogP contribution in [0.15, 0.2) is 42.6 Å². The van der Waals surface area contributed by atoms with Crippen molar-refractivity contribution >= 4 is 0 Å². The lowest BCUT2D eigenvalue weighted by Gasteiger charge is -2.07. The van der Waals surface area contributed by atoms with Gasteiger partial charge in [0.15, 0.2) is 0 Å². The van der Waals surface area contributed by atoms with E-state index in [9.17, 15) is 0 Å². The fraction of sp³-hybridized carbons (Fsp3) is 0.522. The second-order valence-electron chi connectivity index (χ2n) is 6.81. The van der Waals surface area contributed by atoms with Gasteiger partial charge in [0, 0.05) is 11.9 Å². The van der Waals surface area contributed by atoms with Gasteiger partial charge in [0.1, 0.15) is 5.75 Å². The molecule has 2 heteroatoms. The smallest absolute Gasteiger partial charge is 0.119 e. The quantitative estimate of drug-likeness (QED) is 0.431. The summed E-state index contributed by atoms with van der Waals surface area (Å²) >= 11 is 0. The largest absolute Gasteiger partial charge is 0.494 e. The van der Waals surface area contributed by atoms with E-state index in [1.54, 1.807) is 0 Å². The van der Waals surface area contributed by atoms with Gasteiger partial charge in [-0.05, 0) is 61.4 Å². The summed E-state index contributed by atoms with van der Waals surface area (Å²) < 4.78 is 5.80. The van der Waals surface area contributed by atoms with Gasteiger partial charge in [-0.1, -0.05) is 57.7 Å². The van der Waals surface area contributed by atoms with E-state index in [1.807, 2.05) is 6.20 Å². The van der Waals surface area contributed by atoms with Crippen LogP contribution in [0.1, 0.15) is 69.2 Å². The average Bonchev–Trinajstić information content (AvgIpc) is 2.66. The highest BCUT2D eigenvalue weighted by Crippen LogP contribution is 2.15. The highest BCUT2D eigenvalue weighted by atomic mass is 16.5. The highest BCUT2D eigenvalue weighted by Gasteiger charge is 2.00. The van der Waals surface area contributed by atoms with Crippen LogP contribution in [0.5, 0.6) is 5.75 Å². The molecule has 0 amide bonds. The molecular weight excluding hydrogens is 306 g/mol. The van der Waals surface area contributed by atoms with Crippen molar-refractivity contribution in [1.82, 2.24) is 4.98 Å². The van der Waals surface area contributed by atoms with Crippen LogP contribution in [0, 0.1) is 0 Å². The van der Waals surface area contributed by atoms with Crippen molar-refractivity contribution in [2.75, 3.05) is 6.61 Å². The minimum absolute atomic E-state index is 0.827. The van der Waals surface area contributed by atoms with E-state index in [0.717, 1.165) is 38.0 Å². The summed E-state index contributed by atoms with van der Waals surface area (Å²) in [7, 11) is 0. The molecule has 136 valence electrons. The van der Waals surface area contributed by atoms with Crippen LogP contribution in [0.2, 0.25) is 0 Å². The van der Waals surface area contributed by atoms with E-state index in [-0.39, 0.29) is 0 Å². The Hall–Kier alpha value is -1.83. The predicted molar refractivity (Wildman–Crippen MR) is 106 cm³/mol. The molecule has 0 aliphatic carbocycles. The Labute approximate surface area is 153 Å². The molecule has 0 aliphatic heterocycles. The van der Waals surface area contributed by atoms with Crippen molar-refractivity contribution < 1.29 is 4.74 Å². The third kappa shape index (κ3) is 7.72. The van der Waals surface area contributed by atoms with Gasteiger partial charge in [0.2, 0.25) is 0 Å². The number of nitrogens with zero attached hydrogens (tertiary/aromatic N) is 1. The van der Waals surface area contributed by atoms with Gasteiger partial charge in [-0.15, -0.1) is 0 Å². The maximum Gasteiger partial charge on any atom is 0.119 e.